The van der Waals surface area contributed by atoms with E-state index < -0.39 is 5.97 Å². The number of aromatic carboxylic acids is 1. The molecule has 0 amide bonds. The fourth-order valence-corrected chi connectivity index (χ4v) is 2.18. The van der Waals surface area contributed by atoms with Crippen LogP contribution in [0.2, 0.25) is 0 Å². The molecule has 0 saturated carbocycles. The number of ether oxygens (including phenoxy) is 1. The second-order valence-electron chi connectivity index (χ2n) is 4.73. The van der Waals surface area contributed by atoms with Crippen LogP contribution >= 0.6 is 0 Å². The average Bonchev–Trinajstić information content (AvgIpc) is 2.94. The highest BCUT2D eigenvalue weighted by Crippen LogP contribution is 2.16. The highest BCUT2D eigenvalue weighted by molar-refractivity contribution is 5.86. The molecule has 0 radical (unpaired) electrons. The van der Waals surface area contributed by atoms with Gasteiger partial charge in [0, 0.05) is 18.8 Å². The van der Waals surface area contributed by atoms with Crippen LogP contribution in [-0.2, 0) is 11.3 Å². The first kappa shape index (κ1) is 13.1. The summed E-state index contributed by atoms with van der Waals surface area (Å²) < 4.78 is 10.6. The number of carboxylic acid groups (broad SMARTS) is 1. The molecule has 100 valence electrons. The molecule has 1 unspecified atom stereocenters. The van der Waals surface area contributed by atoms with E-state index in [0.29, 0.717) is 23.8 Å². The fourth-order valence-electron chi connectivity index (χ4n) is 2.18. The quantitative estimate of drug-likeness (QED) is 0.756. The Bertz CT molecular complexity index is 407. The summed E-state index contributed by atoms with van der Waals surface area (Å²) in [7, 11) is 0. The zero-order valence-corrected chi connectivity index (χ0v) is 10.6. The molecule has 18 heavy (non-hydrogen) atoms. The highest BCUT2D eigenvalue weighted by Gasteiger charge is 2.16. The summed E-state index contributed by atoms with van der Waals surface area (Å²) in [5, 5.41) is 12.1. The Kier molecular flexibility index (Phi) is 4.38. The Balaban J connectivity index is 1.72. The van der Waals surface area contributed by atoms with Crippen LogP contribution < -0.4 is 5.32 Å². The number of aryl methyl sites for hydroxylation is 1. The number of nitrogens with one attached hydrogen (secondary N) is 1. The summed E-state index contributed by atoms with van der Waals surface area (Å²) in [5.41, 5.74) is 0.670. The second-order valence-corrected chi connectivity index (χ2v) is 4.73. The first-order valence-electron chi connectivity index (χ1n) is 6.28. The summed E-state index contributed by atoms with van der Waals surface area (Å²) in [5.74, 6) is 0.357. The van der Waals surface area contributed by atoms with Crippen LogP contribution in [0.1, 0.15) is 34.7 Å². The number of furan rings is 1. The maximum absolute atomic E-state index is 10.8. The lowest BCUT2D eigenvalue weighted by atomic mass is 10.1. The summed E-state index contributed by atoms with van der Waals surface area (Å²) >= 11 is 0. The van der Waals surface area contributed by atoms with E-state index in [1.807, 2.05) is 0 Å². The van der Waals surface area contributed by atoms with Crippen molar-refractivity contribution in [3.8, 4) is 0 Å². The Morgan fingerprint density at radius 1 is 1.61 bits per heavy atom. The largest absolute Gasteiger partial charge is 0.475 e. The Labute approximate surface area is 106 Å². The Hall–Kier alpha value is -1.33. The van der Waals surface area contributed by atoms with E-state index in [1.54, 1.807) is 13.0 Å². The van der Waals surface area contributed by atoms with Gasteiger partial charge >= 0.3 is 5.97 Å². The van der Waals surface area contributed by atoms with Crippen LogP contribution in [0.25, 0.3) is 0 Å². The molecule has 0 aliphatic carbocycles. The maximum atomic E-state index is 10.8. The Morgan fingerprint density at radius 3 is 3.06 bits per heavy atom. The maximum Gasteiger partial charge on any atom is 0.372 e. The van der Waals surface area contributed by atoms with Gasteiger partial charge in [-0.25, -0.2) is 4.79 Å². The van der Waals surface area contributed by atoms with Crippen molar-refractivity contribution in [3.63, 3.8) is 0 Å². The second kappa shape index (κ2) is 6.02. The molecule has 2 heterocycles. The third kappa shape index (κ3) is 3.34. The molecule has 1 atom stereocenters. The molecule has 2 rings (SSSR count). The summed E-state index contributed by atoms with van der Waals surface area (Å²) in [6.07, 6.45) is 2.23. The lowest BCUT2D eigenvalue weighted by molar-refractivity contribution is 0.0659. The van der Waals surface area contributed by atoms with Crippen LogP contribution in [0, 0.1) is 12.8 Å². The van der Waals surface area contributed by atoms with Gasteiger partial charge in [0.15, 0.2) is 0 Å². The lowest BCUT2D eigenvalue weighted by Gasteiger charge is -2.07. The summed E-state index contributed by atoms with van der Waals surface area (Å²) in [6, 6.07) is 1.77. The highest BCUT2D eigenvalue weighted by atomic mass is 16.5. The standard InChI is InChI=1S/C13H19NO4/c1-9-6-11(18-12(9)13(15)16)7-14-4-2-10-3-5-17-8-10/h6,10,14H,2-5,7-8H2,1H3,(H,15,16). The van der Waals surface area contributed by atoms with E-state index in [4.69, 9.17) is 14.3 Å². The molecule has 1 saturated heterocycles. The monoisotopic (exact) mass is 253 g/mol. The molecule has 0 bridgehead atoms. The van der Waals surface area contributed by atoms with Crippen LogP contribution in [-0.4, -0.2) is 30.8 Å². The van der Waals surface area contributed by atoms with Crippen molar-refractivity contribution in [1.82, 2.24) is 5.32 Å². The normalized spacial score (nSPS) is 19.3. The molecular formula is C13H19NO4. The van der Waals surface area contributed by atoms with Crippen molar-refractivity contribution in [3.05, 3.63) is 23.2 Å². The predicted octanol–water partition coefficient (Wildman–Crippen LogP) is 1.80. The van der Waals surface area contributed by atoms with Crippen LogP contribution in [0.15, 0.2) is 10.5 Å². The third-order valence-electron chi connectivity index (χ3n) is 3.22. The molecular weight excluding hydrogens is 234 g/mol. The zero-order chi connectivity index (χ0) is 13.0. The SMILES string of the molecule is Cc1cc(CNCCC2CCOC2)oc1C(=O)O. The van der Waals surface area contributed by atoms with E-state index in [0.717, 1.165) is 32.6 Å². The van der Waals surface area contributed by atoms with Crippen molar-refractivity contribution < 1.29 is 19.1 Å². The average molecular weight is 253 g/mol. The first-order chi connectivity index (χ1) is 8.66. The number of hydrogen-bond donors (Lipinski definition) is 2. The van der Waals surface area contributed by atoms with E-state index >= 15 is 0 Å². The van der Waals surface area contributed by atoms with Gasteiger partial charge in [-0.15, -0.1) is 0 Å². The van der Waals surface area contributed by atoms with E-state index in [2.05, 4.69) is 5.32 Å². The summed E-state index contributed by atoms with van der Waals surface area (Å²) in [4.78, 5) is 10.8. The molecule has 2 N–H and O–H groups in total. The van der Waals surface area contributed by atoms with Gasteiger partial charge in [-0.1, -0.05) is 0 Å². The first-order valence-corrected chi connectivity index (χ1v) is 6.28. The van der Waals surface area contributed by atoms with Crippen molar-refractivity contribution in [2.24, 2.45) is 5.92 Å². The van der Waals surface area contributed by atoms with Crippen molar-refractivity contribution in [2.45, 2.75) is 26.3 Å². The van der Waals surface area contributed by atoms with E-state index in [-0.39, 0.29) is 5.76 Å². The minimum atomic E-state index is -1.01. The van der Waals surface area contributed by atoms with Gasteiger partial charge < -0.3 is 19.6 Å². The van der Waals surface area contributed by atoms with Crippen LogP contribution in [0.3, 0.4) is 0 Å². The molecule has 1 aromatic heterocycles. The van der Waals surface area contributed by atoms with Crippen molar-refractivity contribution in [1.29, 1.82) is 0 Å². The molecule has 0 spiro atoms. The Morgan fingerprint density at radius 2 is 2.44 bits per heavy atom. The van der Waals surface area contributed by atoms with Crippen LogP contribution in [0.4, 0.5) is 0 Å². The van der Waals surface area contributed by atoms with E-state index in [9.17, 15) is 4.79 Å². The molecule has 1 fully saturated rings. The molecule has 1 aromatic rings. The number of carboxylic acids is 1. The summed E-state index contributed by atoms with van der Waals surface area (Å²) in [6.45, 7) is 4.96. The zero-order valence-electron chi connectivity index (χ0n) is 10.6. The lowest BCUT2D eigenvalue weighted by Crippen LogP contribution is -2.17. The minimum Gasteiger partial charge on any atom is -0.475 e. The van der Waals surface area contributed by atoms with Gasteiger partial charge in [0.1, 0.15) is 5.76 Å². The minimum absolute atomic E-state index is 0.0380. The van der Waals surface area contributed by atoms with Gasteiger partial charge in [-0.05, 0) is 38.3 Å². The number of rotatable bonds is 6. The molecule has 1 aliphatic heterocycles. The van der Waals surface area contributed by atoms with Crippen LogP contribution in [0.5, 0.6) is 0 Å². The van der Waals surface area contributed by atoms with Crippen molar-refractivity contribution >= 4 is 5.97 Å². The molecule has 5 heteroatoms. The fraction of sp³-hybridized carbons (Fsp3) is 0.615. The van der Waals surface area contributed by atoms with Crippen molar-refractivity contribution in [2.75, 3.05) is 19.8 Å². The van der Waals surface area contributed by atoms with E-state index in [1.165, 1.54) is 0 Å². The van der Waals surface area contributed by atoms with Gasteiger partial charge in [0.05, 0.1) is 6.54 Å². The van der Waals surface area contributed by atoms with Gasteiger partial charge in [-0.2, -0.15) is 0 Å². The van der Waals surface area contributed by atoms with Gasteiger partial charge in [0.25, 0.3) is 0 Å². The molecule has 0 aromatic carbocycles. The smallest absolute Gasteiger partial charge is 0.372 e. The molecule has 5 nitrogen and oxygen atoms in total. The topological polar surface area (TPSA) is 71.7 Å². The molecule has 1 aliphatic rings. The third-order valence-corrected chi connectivity index (χ3v) is 3.22. The van der Waals surface area contributed by atoms with Gasteiger partial charge in [-0.3, -0.25) is 0 Å². The van der Waals surface area contributed by atoms with Gasteiger partial charge in [0.2, 0.25) is 5.76 Å². The number of hydrogen-bond acceptors (Lipinski definition) is 4. The predicted molar refractivity (Wildman–Crippen MR) is 65.7 cm³/mol. The number of carbonyl (C=O) groups is 1.